The van der Waals surface area contributed by atoms with E-state index in [1.165, 1.54) is 26.0 Å². The molecule has 8 heteroatoms. The van der Waals surface area contributed by atoms with E-state index in [0.717, 1.165) is 13.0 Å². The van der Waals surface area contributed by atoms with E-state index in [0.29, 0.717) is 10.6 Å². The summed E-state index contributed by atoms with van der Waals surface area (Å²) in [5.74, 6) is -3.86. The van der Waals surface area contributed by atoms with Crippen molar-refractivity contribution in [3.8, 4) is 17.2 Å². The number of rotatable bonds is 4. The molecule has 0 unspecified atom stereocenters. The van der Waals surface area contributed by atoms with E-state index in [1.54, 1.807) is 24.3 Å². The molecule has 168 valence electrons. The van der Waals surface area contributed by atoms with Gasteiger partial charge in [0, 0.05) is 16.7 Å². The van der Waals surface area contributed by atoms with E-state index >= 15 is 0 Å². The number of benzene rings is 2. The molecule has 1 aliphatic heterocycles. The Morgan fingerprint density at radius 1 is 1.09 bits per heavy atom. The zero-order valence-electron chi connectivity index (χ0n) is 17.9. The number of carbonyl (C=O) groups excluding carboxylic acids is 3. The van der Waals surface area contributed by atoms with Crippen molar-refractivity contribution in [1.29, 1.82) is 0 Å². The molecule has 7 nitrogen and oxygen atoms in total. The minimum Gasteiger partial charge on any atom is -0.507 e. The van der Waals surface area contributed by atoms with Gasteiger partial charge in [-0.05, 0) is 44.5 Å². The highest BCUT2D eigenvalue weighted by atomic mass is 35.5. The van der Waals surface area contributed by atoms with Gasteiger partial charge in [0.1, 0.15) is 45.3 Å². The van der Waals surface area contributed by atoms with Crippen molar-refractivity contribution >= 4 is 35.0 Å². The predicted molar refractivity (Wildman–Crippen MR) is 121 cm³/mol. The molecule has 1 aliphatic carbocycles. The summed E-state index contributed by atoms with van der Waals surface area (Å²) in [5.41, 5.74) is -1.75. The van der Waals surface area contributed by atoms with Crippen LogP contribution < -0.4 is 4.74 Å². The Balaban J connectivity index is 1.89. The molecule has 1 heterocycles. The normalized spacial score (nSPS) is 19.3. The van der Waals surface area contributed by atoms with Crippen molar-refractivity contribution in [3.63, 3.8) is 0 Å². The van der Waals surface area contributed by atoms with Crippen molar-refractivity contribution in [3.05, 3.63) is 80.8 Å². The number of phenols is 2. The van der Waals surface area contributed by atoms with E-state index < -0.39 is 45.6 Å². The van der Waals surface area contributed by atoms with Crippen LogP contribution in [0.25, 0.3) is 6.08 Å². The molecule has 0 saturated heterocycles. The van der Waals surface area contributed by atoms with E-state index in [9.17, 15) is 29.7 Å². The fraction of sp³-hybridized carbons (Fsp3) is 0.160. The molecule has 0 aromatic heterocycles. The summed E-state index contributed by atoms with van der Waals surface area (Å²) in [5, 5.41) is 32.3. The first-order valence-electron chi connectivity index (χ1n) is 9.94. The molecule has 2 aliphatic rings. The number of aliphatic hydroxyl groups excluding tert-OH is 1. The number of phenolic OH excluding ortho intramolecular Hbond substituents is 2. The molecule has 0 radical (unpaired) electrons. The van der Waals surface area contributed by atoms with Crippen molar-refractivity contribution in [2.75, 3.05) is 0 Å². The number of hydrogen-bond acceptors (Lipinski definition) is 7. The third kappa shape index (κ3) is 3.24. The van der Waals surface area contributed by atoms with Crippen LogP contribution in [0.3, 0.4) is 0 Å². The van der Waals surface area contributed by atoms with Crippen LogP contribution in [-0.4, -0.2) is 32.7 Å². The molecule has 33 heavy (non-hydrogen) atoms. The van der Waals surface area contributed by atoms with Crippen LogP contribution in [0.4, 0.5) is 0 Å². The number of carbonyl (C=O) groups is 3. The smallest absolute Gasteiger partial charge is 0.193 e. The maximum atomic E-state index is 13.3. The topological polar surface area (TPSA) is 121 Å². The number of allylic oxidation sites excluding steroid dienone is 4. The van der Waals surface area contributed by atoms with E-state index in [-0.39, 0.29) is 28.2 Å². The van der Waals surface area contributed by atoms with Gasteiger partial charge in [-0.2, -0.15) is 0 Å². The quantitative estimate of drug-likeness (QED) is 0.345. The van der Waals surface area contributed by atoms with Gasteiger partial charge in [-0.1, -0.05) is 29.8 Å². The lowest BCUT2D eigenvalue weighted by molar-refractivity contribution is -0.123. The van der Waals surface area contributed by atoms with Gasteiger partial charge in [-0.25, -0.2) is 0 Å². The lowest BCUT2D eigenvalue weighted by atomic mass is 9.71. The lowest BCUT2D eigenvalue weighted by Crippen LogP contribution is -2.38. The fourth-order valence-electron chi connectivity index (χ4n) is 4.09. The molecule has 1 atom stereocenters. The fourth-order valence-corrected chi connectivity index (χ4v) is 4.21. The second-order valence-electron chi connectivity index (χ2n) is 8.03. The lowest BCUT2D eigenvalue weighted by Gasteiger charge is -2.28. The Morgan fingerprint density at radius 3 is 2.33 bits per heavy atom. The Kier molecular flexibility index (Phi) is 5.17. The second-order valence-corrected chi connectivity index (χ2v) is 8.47. The summed E-state index contributed by atoms with van der Waals surface area (Å²) in [6.07, 6.45) is 3.85. The van der Waals surface area contributed by atoms with Gasteiger partial charge < -0.3 is 20.1 Å². The first-order chi connectivity index (χ1) is 15.5. The van der Waals surface area contributed by atoms with Crippen molar-refractivity contribution in [2.45, 2.75) is 26.2 Å². The van der Waals surface area contributed by atoms with Crippen LogP contribution in [-0.2, 0) is 15.0 Å². The Bertz CT molecular complexity index is 1350. The molecule has 0 saturated carbocycles. The number of hydrogen-bond donors (Lipinski definition) is 3. The number of aliphatic hydroxyl groups is 1. The Hall–Kier alpha value is -3.84. The van der Waals surface area contributed by atoms with Gasteiger partial charge in [0.05, 0.1) is 5.56 Å². The van der Waals surface area contributed by atoms with E-state index in [4.69, 9.17) is 16.3 Å². The molecule has 0 amide bonds. The third-order valence-corrected chi connectivity index (χ3v) is 6.20. The van der Waals surface area contributed by atoms with Gasteiger partial charge in [0.15, 0.2) is 17.3 Å². The highest BCUT2D eigenvalue weighted by molar-refractivity contribution is 6.30. The zero-order valence-corrected chi connectivity index (χ0v) is 18.6. The number of ketones is 3. The molecule has 4 rings (SSSR count). The largest absolute Gasteiger partial charge is 0.507 e. The minimum atomic E-state index is -1.67. The number of Topliss-reactive ketones (excluding diaryl/α,β-unsaturated/α-hetero) is 2. The summed E-state index contributed by atoms with van der Waals surface area (Å²) < 4.78 is 5.76. The van der Waals surface area contributed by atoms with E-state index in [1.807, 2.05) is 0 Å². The first kappa shape index (κ1) is 22.4. The van der Waals surface area contributed by atoms with Gasteiger partial charge in [-0.15, -0.1) is 0 Å². The molecule has 3 N–H and O–H groups in total. The van der Waals surface area contributed by atoms with Crippen molar-refractivity contribution in [1.82, 2.24) is 0 Å². The highest BCUT2D eigenvalue weighted by Gasteiger charge is 2.55. The number of halogens is 1. The monoisotopic (exact) mass is 466 g/mol. The summed E-state index contributed by atoms with van der Waals surface area (Å²) in [6.45, 7) is 3.96. The Morgan fingerprint density at radius 2 is 1.73 bits per heavy atom. The van der Waals surface area contributed by atoms with Crippen LogP contribution in [0, 0.1) is 6.92 Å². The summed E-state index contributed by atoms with van der Waals surface area (Å²) in [6, 6.07) is 6.71. The highest BCUT2D eigenvalue weighted by Crippen LogP contribution is 2.57. The number of fused-ring (bicyclic) bond motifs is 3. The van der Waals surface area contributed by atoms with Gasteiger partial charge in [0.25, 0.3) is 0 Å². The molecule has 2 aromatic carbocycles. The first-order valence-corrected chi connectivity index (χ1v) is 10.3. The summed E-state index contributed by atoms with van der Waals surface area (Å²) >= 11 is 5.87. The summed E-state index contributed by atoms with van der Waals surface area (Å²) in [7, 11) is 0. The van der Waals surface area contributed by atoms with Crippen LogP contribution in [0.15, 0.2) is 53.5 Å². The van der Waals surface area contributed by atoms with Crippen LogP contribution in [0.1, 0.15) is 40.9 Å². The van der Waals surface area contributed by atoms with E-state index in [2.05, 4.69) is 0 Å². The van der Waals surface area contributed by atoms with Crippen LogP contribution in [0.5, 0.6) is 17.2 Å². The molecule has 0 spiro atoms. The van der Waals surface area contributed by atoms with Gasteiger partial charge >= 0.3 is 0 Å². The van der Waals surface area contributed by atoms with Crippen LogP contribution >= 0.6 is 11.6 Å². The third-order valence-electron chi connectivity index (χ3n) is 5.94. The standard InChI is InChI=1S/C25H19ClO7/c1-11-21(30)19(15(28)9-6-13-4-7-14(26)8-5-13)23-20(22(11)31)25(3)17(33-23)10-16(29)18(12(2)27)24(25)32/h4-10,29-31H,1-3H3/b9-6+/t25-/m1/s1. The zero-order chi connectivity index (χ0) is 24.2. The molecule has 0 bridgehead atoms. The second kappa shape index (κ2) is 7.64. The van der Waals surface area contributed by atoms with Crippen molar-refractivity contribution < 1.29 is 34.4 Å². The Labute approximate surface area is 193 Å². The SMILES string of the molecule is CC(=O)C1=C(O)C=C2Oc3c(C(=O)/C=C/c4ccc(Cl)cc4)c(O)c(C)c(O)c3[C@]2(C)C1=O. The van der Waals surface area contributed by atoms with Gasteiger partial charge in [0.2, 0.25) is 0 Å². The maximum Gasteiger partial charge on any atom is 0.193 e. The minimum absolute atomic E-state index is 0.0287. The molecular formula is C25H19ClO7. The number of aromatic hydroxyl groups is 2. The summed E-state index contributed by atoms with van der Waals surface area (Å²) in [4.78, 5) is 38.4. The van der Waals surface area contributed by atoms with Crippen molar-refractivity contribution in [2.24, 2.45) is 0 Å². The average molecular weight is 467 g/mol. The van der Waals surface area contributed by atoms with Gasteiger partial charge in [-0.3, -0.25) is 14.4 Å². The molecular weight excluding hydrogens is 448 g/mol. The molecule has 0 fully saturated rings. The van der Waals surface area contributed by atoms with Crippen LogP contribution in [0.2, 0.25) is 5.02 Å². The average Bonchev–Trinajstić information content (AvgIpc) is 3.04. The number of ether oxygens (including phenoxy) is 1. The maximum absolute atomic E-state index is 13.3. The predicted octanol–water partition coefficient (Wildman–Crippen LogP) is 4.47. The molecule has 2 aromatic rings.